The topological polar surface area (TPSA) is 121 Å². The number of nitrogens with zero attached hydrogens (tertiary/aromatic N) is 2. The van der Waals surface area contributed by atoms with Gasteiger partial charge in [0.2, 0.25) is 5.91 Å². The van der Waals surface area contributed by atoms with Gasteiger partial charge >= 0.3 is 5.69 Å². The van der Waals surface area contributed by atoms with Gasteiger partial charge in [-0.2, -0.15) is 0 Å². The van der Waals surface area contributed by atoms with Gasteiger partial charge in [-0.3, -0.25) is 23.5 Å². The Balaban J connectivity index is 1.72. The van der Waals surface area contributed by atoms with Crippen LogP contribution in [0.2, 0.25) is 0 Å². The van der Waals surface area contributed by atoms with Gasteiger partial charge in [0, 0.05) is 23.4 Å². The first-order valence-electron chi connectivity index (χ1n) is 12.9. The predicted molar refractivity (Wildman–Crippen MR) is 153 cm³/mol. The number of benzene rings is 3. The molecule has 0 radical (unpaired) electrons. The molecule has 0 aliphatic heterocycles. The Labute approximate surface area is 231 Å². The molecular formula is C30H32N4O6. The van der Waals surface area contributed by atoms with Crippen LogP contribution < -0.4 is 31.4 Å². The fourth-order valence-electron chi connectivity index (χ4n) is 4.27. The molecule has 40 heavy (non-hydrogen) atoms. The summed E-state index contributed by atoms with van der Waals surface area (Å²) in [6.07, 6.45) is 0.727. The SMILES string of the molecule is CC[C@H](C)NC(=O)Cn1c(=O)n(Cc2ccc(C(=O)Nc3ccccc3)cc2)c(=O)c2cc(OC)c(OC)cc21. The summed E-state index contributed by atoms with van der Waals surface area (Å²) in [6.45, 7) is 3.47. The number of para-hydroxylation sites is 1. The van der Waals surface area contributed by atoms with E-state index < -0.39 is 11.2 Å². The number of hydrogen-bond acceptors (Lipinski definition) is 6. The van der Waals surface area contributed by atoms with Gasteiger partial charge < -0.3 is 20.1 Å². The van der Waals surface area contributed by atoms with Crippen LogP contribution in [0.1, 0.15) is 36.2 Å². The lowest BCUT2D eigenvalue weighted by atomic mass is 10.1. The third-order valence-electron chi connectivity index (χ3n) is 6.64. The van der Waals surface area contributed by atoms with Crippen LogP contribution in [0.25, 0.3) is 10.9 Å². The lowest BCUT2D eigenvalue weighted by Gasteiger charge is -2.17. The van der Waals surface area contributed by atoms with Crippen LogP contribution in [0, 0.1) is 0 Å². The van der Waals surface area contributed by atoms with Gasteiger partial charge in [0.15, 0.2) is 11.5 Å². The fourth-order valence-corrected chi connectivity index (χ4v) is 4.27. The molecule has 0 unspecified atom stereocenters. The summed E-state index contributed by atoms with van der Waals surface area (Å²) in [5.74, 6) is 0.0107. The Morgan fingerprint density at radius 3 is 2.17 bits per heavy atom. The van der Waals surface area contributed by atoms with Crippen LogP contribution >= 0.6 is 0 Å². The fraction of sp³-hybridized carbons (Fsp3) is 0.267. The van der Waals surface area contributed by atoms with E-state index in [-0.39, 0.29) is 41.8 Å². The molecule has 0 saturated heterocycles. The van der Waals surface area contributed by atoms with Gasteiger partial charge in [0.05, 0.1) is 31.7 Å². The van der Waals surface area contributed by atoms with Gasteiger partial charge in [-0.15, -0.1) is 0 Å². The van der Waals surface area contributed by atoms with Crippen LogP contribution in [-0.2, 0) is 17.9 Å². The van der Waals surface area contributed by atoms with E-state index in [1.54, 1.807) is 36.4 Å². The maximum absolute atomic E-state index is 13.6. The maximum Gasteiger partial charge on any atom is 0.332 e. The summed E-state index contributed by atoms with van der Waals surface area (Å²) in [5.41, 5.74) is 0.807. The first kappa shape index (κ1) is 28.2. The van der Waals surface area contributed by atoms with Crippen molar-refractivity contribution in [2.45, 2.75) is 39.4 Å². The highest BCUT2D eigenvalue weighted by Gasteiger charge is 2.19. The predicted octanol–water partition coefficient (Wildman–Crippen LogP) is 3.40. The summed E-state index contributed by atoms with van der Waals surface area (Å²) in [6, 6.07) is 18.7. The zero-order valence-corrected chi connectivity index (χ0v) is 22.9. The van der Waals surface area contributed by atoms with E-state index in [9.17, 15) is 19.2 Å². The minimum absolute atomic E-state index is 0.0600. The molecule has 2 N–H and O–H groups in total. The van der Waals surface area contributed by atoms with Crippen LogP contribution in [0.15, 0.2) is 76.3 Å². The lowest BCUT2D eigenvalue weighted by molar-refractivity contribution is -0.122. The third kappa shape index (κ3) is 6.06. The highest BCUT2D eigenvalue weighted by atomic mass is 16.5. The first-order chi connectivity index (χ1) is 19.2. The van der Waals surface area contributed by atoms with Gasteiger partial charge in [-0.05, 0) is 49.2 Å². The summed E-state index contributed by atoms with van der Waals surface area (Å²) in [5, 5.41) is 5.88. The van der Waals surface area contributed by atoms with Crippen LogP contribution in [0.5, 0.6) is 11.5 Å². The summed E-state index contributed by atoms with van der Waals surface area (Å²) in [7, 11) is 2.90. The van der Waals surface area contributed by atoms with Crippen molar-refractivity contribution >= 4 is 28.4 Å². The average Bonchev–Trinajstić information content (AvgIpc) is 2.97. The quantitative estimate of drug-likeness (QED) is 0.316. The number of fused-ring (bicyclic) bond motifs is 1. The van der Waals surface area contributed by atoms with Crippen molar-refractivity contribution in [3.63, 3.8) is 0 Å². The van der Waals surface area contributed by atoms with Crippen molar-refractivity contribution < 1.29 is 19.1 Å². The van der Waals surface area contributed by atoms with E-state index in [0.29, 0.717) is 28.3 Å². The molecule has 1 atom stereocenters. The largest absolute Gasteiger partial charge is 0.493 e. The van der Waals surface area contributed by atoms with Gasteiger partial charge in [0.1, 0.15) is 6.54 Å². The van der Waals surface area contributed by atoms with E-state index in [4.69, 9.17) is 9.47 Å². The third-order valence-corrected chi connectivity index (χ3v) is 6.64. The van der Waals surface area contributed by atoms with Crippen molar-refractivity contribution in [3.05, 3.63) is 98.7 Å². The Hall–Kier alpha value is -4.86. The van der Waals surface area contributed by atoms with Gasteiger partial charge in [0.25, 0.3) is 11.5 Å². The number of carbonyl (C=O) groups excluding carboxylic acids is 2. The number of rotatable bonds is 10. The highest BCUT2D eigenvalue weighted by molar-refractivity contribution is 6.04. The first-order valence-corrected chi connectivity index (χ1v) is 12.9. The standard InChI is InChI=1S/C30H32N4O6/c1-5-19(2)31-27(35)18-33-24-16-26(40-4)25(39-3)15-23(24)29(37)34(30(33)38)17-20-11-13-21(14-12-20)28(36)32-22-9-7-6-8-10-22/h6-16,19H,5,17-18H2,1-4H3,(H,31,35)(H,32,36)/t19-/m0/s1. The molecule has 10 nitrogen and oxygen atoms in total. The van der Waals surface area contributed by atoms with Crippen LogP contribution in [-0.4, -0.2) is 41.2 Å². The molecule has 2 amide bonds. The average molecular weight is 545 g/mol. The molecule has 3 aromatic carbocycles. The van der Waals surface area contributed by atoms with E-state index in [1.807, 2.05) is 32.0 Å². The lowest BCUT2D eigenvalue weighted by Crippen LogP contribution is -2.44. The summed E-state index contributed by atoms with van der Waals surface area (Å²) < 4.78 is 13.1. The van der Waals surface area contributed by atoms with E-state index in [1.165, 1.54) is 30.9 Å². The number of methoxy groups -OCH3 is 2. The molecule has 0 fully saturated rings. The number of hydrogen-bond donors (Lipinski definition) is 2. The van der Waals surface area contributed by atoms with Crippen molar-refractivity contribution in [1.82, 2.24) is 14.5 Å². The van der Waals surface area contributed by atoms with E-state index in [2.05, 4.69) is 10.6 Å². The number of ether oxygens (including phenoxy) is 2. The molecule has 1 heterocycles. The second kappa shape index (κ2) is 12.3. The summed E-state index contributed by atoms with van der Waals surface area (Å²) in [4.78, 5) is 52.6. The highest BCUT2D eigenvalue weighted by Crippen LogP contribution is 2.30. The minimum atomic E-state index is -0.644. The molecule has 0 aliphatic carbocycles. The van der Waals surface area contributed by atoms with E-state index >= 15 is 0 Å². The van der Waals surface area contributed by atoms with Gasteiger partial charge in [-0.1, -0.05) is 37.3 Å². The molecule has 1 aromatic heterocycles. The second-order valence-electron chi connectivity index (χ2n) is 9.38. The Morgan fingerprint density at radius 2 is 1.55 bits per heavy atom. The second-order valence-corrected chi connectivity index (χ2v) is 9.38. The number of aromatic nitrogens is 2. The molecule has 10 heteroatoms. The monoisotopic (exact) mass is 544 g/mol. The zero-order valence-electron chi connectivity index (χ0n) is 22.9. The van der Waals surface area contributed by atoms with Crippen molar-refractivity contribution in [2.75, 3.05) is 19.5 Å². The molecule has 0 bridgehead atoms. The van der Waals surface area contributed by atoms with E-state index in [0.717, 1.165) is 11.0 Å². The smallest absolute Gasteiger partial charge is 0.332 e. The Kier molecular flexibility index (Phi) is 8.68. The molecule has 0 aliphatic rings. The zero-order chi connectivity index (χ0) is 28.8. The molecule has 0 spiro atoms. The maximum atomic E-state index is 13.6. The normalized spacial score (nSPS) is 11.6. The van der Waals surface area contributed by atoms with Crippen molar-refractivity contribution in [3.8, 4) is 11.5 Å². The molecular weight excluding hydrogens is 512 g/mol. The number of nitrogens with one attached hydrogen (secondary N) is 2. The molecule has 4 rings (SSSR count). The Bertz CT molecular complexity index is 1640. The number of carbonyl (C=O) groups is 2. The molecule has 0 saturated carbocycles. The molecule has 208 valence electrons. The number of anilines is 1. The number of amides is 2. The van der Waals surface area contributed by atoms with Crippen LogP contribution in [0.4, 0.5) is 5.69 Å². The summed E-state index contributed by atoms with van der Waals surface area (Å²) >= 11 is 0. The molecule has 4 aromatic rings. The van der Waals surface area contributed by atoms with Gasteiger partial charge in [-0.25, -0.2) is 4.79 Å². The Morgan fingerprint density at radius 1 is 0.900 bits per heavy atom. The van der Waals surface area contributed by atoms with Crippen molar-refractivity contribution in [1.29, 1.82) is 0 Å². The van der Waals surface area contributed by atoms with Crippen LogP contribution in [0.3, 0.4) is 0 Å². The minimum Gasteiger partial charge on any atom is -0.493 e. The van der Waals surface area contributed by atoms with Crippen molar-refractivity contribution in [2.24, 2.45) is 0 Å².